The van der Waals surface area contributed by atoms with Crippen LogP contribution in [0.5, 0.6) is 0 Å². The van der Waals surface area contributed by atoms with Crippen LogP contribution in [-0.2, 0) is 4.79 Å². The summed E-state index contributed by atoms with van der Waals surface area (Å²) in [5, 5.41) is 15.0. The summed E-state index contributed by atoms with van der Waals surface area (Å²) in [7, 11) is 0. The van der Waals surface area contributed by atoms with Crippen molar-refractivity contribution in [2.24, 2.45) is 17.8 Å². The summed E-state index contributed by atoms with van der Waals surface area (Å²) in [6, 6.07) is 2.72. The second-order valence-electron chi connectivity index (χ2n) is 6.08. The van der Waals surface area contributed by atoms with Crippen molar-refractivity contribution in [1.29, 1.82) is 0 Å². The van der Waals surface area contributed by atoms with E-state index in [4.69, 9.17) is 4.42 Å². The van der Waals surface area contributed by atoms with Crippen LogP contribution >= 0.6 is 0 Å². The van der Waals surface area contributed by atoms with Gasteiger partial charge in [-0.15, -0.1) is 0 Å². The molecule has 0 spiro atoms. The Kier molecular flexibility index (Phi) is 3.61. The van der Waals surface area contributed by atoms with Crippen LogP contribution in [0.25, 0.3) is 0 Å². The van der Waals surface area contributed by atoms with Gasteiger partial charge in [0.05, 0.1) is 18.2 Å². The summed E-state index contributed by atoms with van der Waals surface area (Å²) in [5.41, 5.74) is 0. The van der Waals surface area contributed by atoms with Crippen molar-refractivity contribution < 1.29 is 19.1 Å². The molecule has 114 valence electrons. The van der Waals surface area contributed by atoms with Crippen molar-refractivity contribution in [3.8, 4) is 0 Å². The first-order valence-corrected chi connectivity index (χ1v) is 7.39. The first-order valence-electron chi connectivity index (χ1n) is 7.39. The Bertz CT molecular complexity index is 528. The van der Waals surface area contributed by atoms with Crippen molar-refractivity contribution >= 4 is 12.0 Å². The van der Waals surface area contributed by atoms with Gasteiger partial charge in [0.2, 0.25) is 0 Å². The van der Waals surface area contributed by atoms with Crippen LogP contribution in [0.2, 0.25) is 0 Å². The highest BCUT2D eigenvalue weighted by Gasteiger charge is 2.51. The zero-order chi connectivity index (χ0) is 15.0. The lowest BCUT2D eigenvalue weighted by Gasteiger charge is -2.29. The molecule has 21 heavy (non-hydrogen) atoms. The number of aliphatic carboxylic acids is 1. The van der Waals surface area contributed by atoms with Gasteiger partial charge in [0.1, 0.15) is 5.76 Å². The molecule has 5 unspecified atom stereocenters. The second kappa shape index (κ2) is 5.42. The monoisotopic (exact) mass is 292 g/mol. The third kappa shape index (κ3) is 2.62. The number of carboxylic acid groups (broad SMARTS) is 1. The lowest BCUT2D eigenvalue weighted by Crippen LogP contribution is -2.50. The molecule has 0 radical (unpaired) electrons. The van der Waals surface area contributed by atoms with Crippen LogP contribution in [-0.4, -0.2) is 23.1 Å². The first kappa shape index (κ1) is 14.0. The smallest absolute Gasteiger partial charge is 0.315 e. The van der Waals surface area contributed by atoms with Gasteiger partial charge < -0.3 is 20.2 Å². The molecule has 2 fully saturated rings. The standard InChI is InChI=1S/C15H20N2O4/c1-8(11-3-2-6-21-11)16-15(20)17-13-10-5-4-9(7-10)12(13)14(18)19/h2-3,6,8-10,12-13H,4-5,7H2,1H3,(H,18,19)(H2,16,17,20). The van der Waals surface area contributed by atoms with E-state index >= 15 is 0 Å². The highest BCUT2D eigenvalue weighted by molar-refractivity contribution is 5.77. The summed E-state index contributed by atoms with van der Waals surface area (Å²) in [6.45, 7) is 1.83. The van der Waals surface area contributed by atoms with Crippen molar-refractivity contribution in [2.75, 3.05) is 0 Å². The number of furan rings is 1. The number of carboxylic acids is 1. The third-order valence-corrected chi connectivity index (χ3v) is 4.82. The van der Waals surface area contributed by atoms with E-state index in [0.717, 1.165) is 19.3 Å². The van der Waals surface area contributed by atoms with Crippen molar-refractivity contribution in [3.05, 3.63) is 24.2 Å². The van der Waals surface area contributed by atoms with Crippen LogP contribution in [0, 0.1) is 17.8 Å². The number of hydrogen-bond acceptors (Lipinski definition) is 3. The Balaban J connectivity index is 1.60. The Hall–Kier alpha value is -1.98. The van der Waals surface area contributed by atoms with Gasteiger partial charge >= 0.3 is 12.0 Å². The Morgan fingerprint density at radius 1 is 1.38 bits per heavy atom. The molecule has 1 aromatic heterocycles. The Morgan fingerprint density at radius 3 is 2.81 bits per heavy atom. The normalized spacial score (nSPS) is 31.9. The molecule has 6 heteroatoms. The number of carbonyl (C=O) groups excluding carboxylic acids is 1. The lowest BCUT2D eigenvalue weighted by molar-refractivity contribution is -0.144. The molecule has 3 N–H and O–H groups in total. The molecule has 5 atom stereocenters. The summed E-state index contributed by atoms with van der Waals surface area (Å²) in [6.07, 6.45) is 4.44. The molecule has 0 aromatic carbocycles. The number of hydrogen-bond donors (Lipinski definition) is 3. The molecule has 6 nitrogen and oxygen atoms in total. The molecule has 2 bridgehead atoms. The summed E-state index contributed by atoms with van der Waals surface area (Å²) in [5.74, 6) is -0.0751. The van der Waals surface area contributed by atoms with E-state index in [-0.39, 0.29) is 24.0 Å². The highest BCUT2D eigenvalue weighted by Crippen LogP contribution is 2.48. The fourth-order valence-electron chi connectivity index (χ4n) is 3.85. The van der Waals surface area contributed by atoms with Crippen LogP contribution in [0.15, 0.2) is 22.8 Å². The average molecular weight is 292 g/mol. The third-order valence-electron chi connectivity index (χ3n) is 4.82. The zero-order valence-corrected chi connectivity index (χ0v) is 11.9. The van der Waals surface area contributed by atoms with E-state index in [1.807, 2.05) is 6.92 Å². The average Bonchev–Trinajstić information content (AvgIpc) is 3.15. The van der Waals surface area contributed by atoms with Gasteiger partial charge in [-0.1, -0.05) is 0 Å². The molecule has 3 rings (SSSR count). The summed E-state index contributed by atoms with van der Waals surface area (Å²) in [4.78, 5) is 23.5. The van der Waals surface area contributed by atoms with Gasteiger partial charge in [-0.3, -0.25) is 4.79 Å². The minimum Gasteiger partial charge on any atom is -0.481 e. The maximum atomic E-state index is 12.1. The molecular formula is C15H20N2O4. The number of urea groups is 1. The minimum atomic E-state index is -0.799. The SMILES string of the molecule is CC(NC(=O)NC1C2CCC(C2)C1C(=O)O)c1ccco1. The van der Waals surface area contributed by atoms with Gasteiger partial charge in [0, 0.05) is 6.04 Å². The number of rotatable bonds is 4. The number of amides is 2. The van der Waals surface area contributed by atoms with Crippen molar-refractivity contribution in [1.82, 2.24) is 10.6 Å². The predicted molar refractivity (Wildman–Crippen MR) is 74.5 cm³/mol. The molecule has 2 amide bonds. The quantitative estimate of drug-likeness (QED) is 0.793. The van der Waals surface area contributed by atoms with Gasteiger partial charge in [0.25, 0.3) is 0 Å². The maximum Gasteiger partial charge on any atom is 0.315 e. The van der Waals surface area contributed by atoms with Crippen LogP contribution in [0.3, 0.4) is 0 Å². The molecule has 2 saturated carbocycles. The zero-order valence-electron chi connectivity index (χ0n) is 11.9. The molecule has 0 saturated heterocycles. The van der Waals surface area contributed by atoms with Crippen LogP contribution in [0.4, 0.5) is 4.79 Å². The van der Waals surface area contributed by atoms with E-state index in [1.165, 1.54) is 0 Å². The molecule has 2 aliphatic carbocycles. The van der Waals surface area contributed by atoms with Crippen LogP contribution < -0.4 is 10.6 Å². The molecule has 1 aromatic rings. The molecule has 1 heterocycles. The number of nitrogens with one attached hydrogen (secondary N) is 2. The summed E-state index contributed by atoms with van der Waals surface area (Å²) < 4.78 is 5.24. The fourth-order valence-corrected chi connectivity index (χ4v) is 3.85. The highest BCUT2D eigenvalue weighted by atomic mass is 16.4. The van der Waals surface area contributed by atoms with E-state index in [0.29, 0.717) is 11.7 Å². The fraction of sp³-hybridized carbons (Fsp3) is 0.600. The molecule has 2 aliphatic rings. The lowest BCUT2D eigenvalue weighted by atomic mass is 9.84. The topological polar surface area (TPSA) is 91.6 Å². The minimum absolute atomic E-state index is 0.209. The Labute approximate surface area is 122 Å². The van der Waals surface area contributed by atoms with E-state index in [2.05, 4.69) is 10.6 Å². The Morgan fingerprint density at radius 2 is 2.14 bits per heavy atom. The van der Waals surface area contributed by atoms with Crippen LogP contribution in [0.1, 0.15) is 38.0 Å². The van der Waals surface area contributed by atoms with Crippen molar-refractivity contribution in [2.45, 2.75) is 38.3 Å². The predicted octanol–water partition coefficient (Wildman–Crippen LogP) is 2.14. The van der Waals surface area contributed by atoms with Crippen molar-refractivity contribution in [3.63, 3.8) is 0 Å². The largest absolute Gasteiger partial charge is 0.481 e. The van der Waals surface area contributed by atoms with Gasteiger partial charge in [0.15, 0.2) is 0 Å². The van der Waals surface area contributed by atoms with E-state index in [9.17, 15) is 14.7 Å². The van der Waals surface area contributed by atoms with E-state index in [1.54, 1.807) is 18.4 Å². The number of carbonyl (C=O) groups is 2. The summed E-state index contributed by atoms with van der Waals surface area (Å²) >= 11 is 0. The van der Waals surface area contributed by atoms with E-state index < -0.39 is 11.9 Å². The molecular weight excluding hydrogens is 272 g/mol. The number of fused-ring (bicyclic) bond motifs is 2. The van der Waals surface area contributed by atoms with Gasteiger partial charge in [-0.05, 0) is 50.2 Å². The molecule has 0 aliphatic heterocycles. The first-order chi connectivity index (χ1) is 10.1. The second-order valence-corrected chi connectivity index (χ2v) is 6.08. The maximum absolute atomic E-state index is 12.1. The van der Waals surface area contributed by atoms with Gasteiger partial charge in [-0.25, -0.2) is 4.79 Å². The van der Waals surface area contributed by atoms with Gasteiger partial charge in [-0.2, -0.15) is 0 Å².